The molecular weight excluding hydrogens is 108 g/mol. The molecule has 0 amide bonds. The first-order chi connectivity index (χ1) is 3.65. The SMILES string of the molecule is CC(=O)O.NCCN. The third kappa shape index (κ3) is 683. The van der Waals surface area contributed by atoms with E-state index in [1.54, 1.807) is 0 Å². The monoisotopic (exact) mass is 120 g/mol. The van der Waals surface area contributed by atoms with Crippen molar-refractivity contribution in [1.29, 1.82) is 0 Å². The summed E-state index contributed by atoms with van der Waals surface area (Å²) in [5.74, 6) is -0.833. The van der Waals surface area contributed by atoms with Crippen LogP contribution < -0.4 is 11.5 Å². The van der Waals surface area contributed by atoms with Gasteiger partial charge < -0.3 is 16.6 Å². The highest BCUT2D eigenvalue weighted by atomic mass is 16.4. The van der Waals surface area contributed by atoms with Gasteiger partial charge in [-0.15, -0.1) is 0 Å². The highest BCUT2D eigenvalue weighted by Crippen LogP contribution is 1.42. The molecule has 0 aliphatic carbocycles. The molecule has 0 saturated heterocycles. The van der Waals surface area contributed by atoms with E-state index < -0.39 is 5.97 Å². The van der Waals surface area contributed by atoms with Crippen LogP contribution in [0.4, 0.5) is 0 Å². The van der Waals surface area contributed by atoms with E-state index in [4.69, 9.17) is 21.4 Å². The number of hydrogen-bond donors (Lipinski definition) is 3. The molecule has 0 aromatic rings. The van der Waals surface area contributed by atoms with Gasteiger partial charge in [-0.3, -0.25) is 4.79 Å². The number of aliphatic carboxylic acids is 1. The molecule has 0 aromatic heterocycles. The highest BCUT2D eigenvalue weighted by molar-refractivity contribution is 5.62. The van der Waals surface area contributed by atoms with Crippen LogP contribution >= 0.6 is 0 Å². The average Bonchev–Trinajstić information content (AvgIpc) is 1.65. The van der Waals surface area contributed by atoms with E-state index in [1.165, 1.54) is 0 Å². The van der Waals surface area contributed by atoms with Crippen molar-refractivity contribution in [2.75, 3.05) is 13.1 Å². The van der Waals surface area contributed by atoms with Gasteiger partial charge in [-0.25, -0.2) is 0 Å². The zero-order valence-corrected chi connectivity index (χ0v) is 4.92. The molecular formula is C4H12N2O2. The maximum Gasteiger partial charge on any atom is 0.300 e. The van der Waals surface area contributed by atoms with Gasteiger partial charge in [0.1, 0.15) is 0 Å². The summed E-state index contributed by atoms with van der Waals surface area (Å²) in [6.45, 7) is 2.28. The van der Waals surface area contributed by atoms with Crippen LogP contribution in [0.1, 0.15) is 6.92 Å². The molecule has 50 valence electrons. The Morgan fingerprint density at radius 2 is 1.62 bits per heavy atom. The van der Waals surface area contributed by atoms with Gasteiger partial charge in [0, 0.05) is 20.0 Å². The third-order valence-electron chi connectivity index (χ3n) is 0.167. The van der Waals surface area contributed by atoms with Crippen LogP contribution in [0.2, 0.25) is 0 Å². The quantitative estimate of drug-likeness (QED) is 0.414. The molecule has 0 aliphatic rings. The van der Waals surface area contributed by atoms with E-state index in [9.17, 15) is 0 Å². The summed E-state index contributed by atoms with van der Waals surface area (Å²) in [6.07, 6.45) is 0. The van der Waals surface area contributed by atoms with Crippen LogP contribution in [0.3, 0.4) is 0 Å². The van der Waals surface area contributed by atoms with Crippen LogP contribution in [0.5, 0.6) is 0 Å². The number of carboxylic acids is 1. The van der Waals surface area contributed by atoms with Crippen LogP contribution in [0, 0.1) is 0 Å². The van der Waals surface area contributed by atoms with Crippen molar-refractivity contribution in [3.8, 4) is 0 Å². The van der Waals surface area contributed by atoms with Crippen LogP contribution in [-0.2, 0) is 4.79 Å². The Balaban J connectivity index is 0. The van der Waals surface area contributed by atoms with Crippen molar-refractivity contribution >= 4 is 5.97 Å². The second kappa shape index (κ2) is 9.63. The van der Waals surface area contributed by atoms with Gasteiger partial charge in [0.25, 0.3) is 5.97 Å². The predicted molar refractivity (Wildman–Crippen MR) is 31.4 cm³/mol. The average molecular weight is 120 g/mol. The van der Waals surface area contributed by atoms with Gasteiger partial charge >= 0.3 is 0 Å². The first-order valence-electron chi connectivity index (χ1n) is 2.24. The van der Waals surface area contributed by atoms with E-state index in [1.807, 2.05) is 0 Å². The van der Waals surface area contributed by atoms with Gasteiger partial charge in [-0.2, -0.15) is 0 Å². The zero-order valence-electron chi connectivity index (χ0n) is 4.92. The van der Waals surface area contributed by atoms with E-state index in [0.717, 1.165) is 6.92 Å². The van der Waals surface area contributed by atoms with Crippen LogP contribution in [-0.4, -0.2) is 24.2 Å². The number of carbonyl (C=O) groups is 1. The molecule has 4 nitrogen and oxygen atoms in total. The third-order valence-corrected chi connectivity index (χ3v) is 0.167. The number of rotatable bonds is 1. The molecule has 0 bridgehead atoms. The second-order valence-electron chi connectivity index (χ2n) is 1.10. The van der Waals surface area contributed by atoms with E-state index in [-0.39, 0.29) is 0 Å². The van der Waals surface area contributed by atoms with Crippen LogP contribution in [0.15, 0.2) is 0 Å². The summed E-state index contributed by atoms with van der Waals surface area (Å²) >= 11 is 0. The summed E-state index contributed by atoms with van der Waals surface area (Å²) in [5, 5.41) is 7.42. The lowest BCUT2D eigenvalue weighted by Gasteiger charge is -1.72. The van der Waals surface area contributed by atoms with E-state index >= 15 is 0 Å². The number of nitrogens with two attached hydrogens (primary N) is 2. The minimum atomic E-state index is -0.833. The standard InChI is InChI=1S/C2H8N2.C2H4O2/c3-1-2-4;1-2(3)4/h1-4H2;1H3,(H,3,4). The first-order valence-corrected chi connectivity index (χ1v) is 2.24. The van der Waals surface area contributed by atoms with Crippen molar-refractivity contribution in [3.63, 3.8) is 0 Å². The molecule has 0 spiro atoms. The number of hydrogen-bond acceptors (Lipinski definition) is 3. The fraction of sp³-hybridized carbons (Fsp3) is 0.750. The molecule has 0 saturated carbocycles. The predicted octanol–water partition coefficient (Wildman–Crippen LogP) is -1.01. The zero-order chi connectivity index (χ0) is 6.99. The fourth-order valence-corrected chi connectivity index (χ4v) is 0. The van der Waals surface area contributed by atoms with Gasteiger partial charge in [0.05, 0.1) is 0 Å². The van der Waals surface area contributed by atoms with Crippen molar-refractivity contribution in [1.82, 2.24) is 0 Å². The summed E-state index contributed by atoms with van der Waals surface area (Å²) in [5.41, 5.74) is 9.81. The van der Waals surface area contributed by atoms with Crippen molar-refractivity contribution in [2.24, 2.45) is 11.5 Å². The van der Waals surface area contributed by atoms with E-state index in [2.05, 4.69) is 0 Å². The topological polar surface area (TPSA) is 89.3 Å². The fourth-order valence-electron chi connectivity index (χ4n) is 0. The minimum absolute atomic E-state index is 0.597. The Bertz CT molecular complexity index is 50.0. The maximum atomic E-state index is 9.00. The summed E-state index contributed by atoms with van der Waals surface area (Å²) in [7, 11) is 0. The molecule has 4 heteroatoms. The lowest BCUT2D eigenvalue weighted by molar-refractivity contribution is -0.134. The molecule has 0 heterocycles. The van der Waals surface area contributed by atoms with Crippen LogP contribution in [0.25, 0.3) is 0 Å². The van der Waals surface area contributed by atoms with Crippen molar-refractivity contribution < 1.29 is 9.90 Å². The van der Waals surface area contributed by atoms with Gasteiger partial charge in [-0.1, -0.05) is 0 Å². The molecule has 0 fully saturated rings. The molecule has 8 heavy (non-hydrogen) atoms. The lowest BCUT2D eigenvalue weighted by Crippen LogP contribution is -2.11. The Morgan fingerprint density at radius 1 is 1.50 bits per heavy atom. The molecule has 0 aromatic carbocycles. The first kappa shape index (κ1) is 10.4. The highest BCUT2D eigenvalue weighted by Gasteiger charge is 1.65. The number of carboxylic acid groups (broad SMARTS) is 1. The Hall–Kier alpha value is -0.610. The molecule has 0 atom stereocenters. The molecule has 0 aliphatic heterocycles. The Morgan fingerprint density at radius 3 is 1.62 bits per heavy atom. The summed E-state index contributed by atoms with van der Waals surface area (Å²) < 4.78 is 0. The lowest BCUT2D eigenvalue weighted by atomic mass is 10.7. The van der Waals surface area contributed by atoms with Crippen molar-refractivity contribution in [3.05, 3.63) is 0 Å². The summed E-state index contributed by atoms with van der Waals surface area (Å²) in [6, 6.07) is 0. The van der Waals surface area contributed by atoms with Gasteiger partial charge in [0.15, 0.2) is 0 Å². The summed E-state index contributed by atoms with van der Waals surface area (Å²) in [4.78, 5) is 9.00. The molecule has 0 unspecified atom stereocenters. The minimum Gasteiger partial charge on any atom is -0.481 e. The normalized spacial score (nSPS) is 6.88. The Kier molecular flexibility index (Phi) is 12.5. The smallest absolute Gasteiger partial charge is 0.300 e. The van der Waals surface area contributed by atoms with Gasteiger partial charge in [0.2, 0.25) is 0 Å². The largest absolute Gasteiger partial charge is 0.481 e. The molecule has 5 N–H and O–H groups in total. The maximum absolute atomic E-state index is 9.00. The van der Waals surface area contributed by atoms with Crippen molar-refractivity contribution in [2.45, 2.75) is 6.92 Å². The van der Waals surface area contributed by atoms with Gasteiger partial charge in [-0.05, 0) is 0 Å². The second-order valence-corrected chi connectivity index (χ2v) is 1.10. The molecule has 0 rings (SSSR count). The van der Waals surface area contributed by atoms with E-state index in [0.29, 0.717) is 13.1 Å². The Labute approximate surface area is 48.5 Å². The molecule has 0 radical (unpaired) electrons.